The molecule has 0 radical (unpaired) electrons. The first-order valence-corrected chi connectivity index (χ1v) is 9.32. The second kappa shape index (κ2) is 14.8. The lowest BCUT2D eigenvalue weighted by molar-refractivity contribution is 0.255. The monoisotopic (exact) mass is 488 g/mol. The van der Waals surface area contributed by atoms with Crippen molar-refractivity contribution in [1.29, 1.82) is 0 Å². The number of hydrogen-bond donors (Lipinski definition) is 3. The standard InChI is InChI=1S/C17H23FN6S.3ClH.H2O/c18-13-3-1-12(2-4-13)11-14-15(19)22-17(23-16(14)20)25-10-9-24-7-5-21-6-8-24;;;;/h1-4,21H,5-11H2,(H4,19,20,22,23);3*1H;1H2. The molecule has 3 rings (SSSR count). The smallest absolute Gasteiger partial charge is 0.191 e. The molecule has 12 heteroatoms. The van der Waals surface area contributed by atoms with Crippen LogP contribution in [0.4, 0.5) is 16.0 Å². The summed E-state index contributed by atoms with van der Waals surface area (Å²) in [6, 6.07) is 6.26. The Morgan fingerprint density at radius 3 is 2.10 bits per heavy atom. The van der Waals surface area contributed by atoms with Crippen LogP contribution >= 0.6 is 49.0 Å². The Morgan fingerprint density at radius 2 is 1.55 bits per heavy atom. The molecule has 1 saturated heterocycles. The number of nitrogens with zero attached hydrogens (tertiary/aromatic N) is 3. The number of hydrogen-bond acceptors (Lipinski definition) is 7. The maximum absolute atomic E-state index is 13.0. The number of halogens is 4. The third-order valence-electron chi connectivity index (χ3n) is 4.19. The lowest BCUT2D eigenvalue weighted by Crippen LogP contribution is -2.44. The number of piperazine rings is 1. The van der Waals surface area contributed by atoms with E-state index in [1.165, 1.54) is 12.1 Å². The number of anilines is 2. The molecule has 166 valence electrons. The highest BCUT2D eigenvalue weighted by molar-refractivity contribution is 7.99. The zero-order valence-electron chi connectivity index (χ0n) is 15.8. The summed E-state index contributed by atoms with van der Waals surface area (Å²) in [5.74, 6) is 1.41. The number of nitrogen functional groups attached to an aromatic ring is 2. The van der Waals surface area contributed by atoms with Crippen molar-refractivity contribution in [3.8, 4) is 0 Å². The van der Waals surface area contributed by atoms with E-state index in [4.69, 9.17) is 11.5 Å². The number of nitrogens with two attached hydrogens (primary N) is 2. The Morgan fingerprint density at radius 1 is 1.00 bits per heavy atom. The molecule has 0 aliphatic carbocycles. The van der Waals surface area contributed by atoms with Gasteiger partial charge in [0.05, 0.1) is 0 Å². The van der Waals surface area contributed by atoms with Crippen molar-refractivity contribution in [1.82, 2.24) is 20.2 Å². The molecular formula is C17H28Cl3FN6OS. The van der Waals surface area contributed by atoms with Crippen molar-refractivity contribution >= 4 is 60.6 Å². The van der Waals surface area contributed by atoms with Crippen LogP contribution in [0.3, 0.4) is 0 Å². The molecule has 2 heterocycles. The molecule has 2 aromatic rings. The van der Waals surface area contributed by atoms with Gasteiger partial charge in [-0.05, 0) is 17.7 Å². The van der Waals surface area contributed by atoms with E-state index in [1.807, 2.05) is 0 Å². The third kappa shape index (κ3) is 9.08. The largest absolute Gasteiger partial charge is 0.412 e. The summed E-state index contributed by atoms with van der Waals surface area (Å²) in [6.07, 6.45) is 0.490. The zero-order chi connectivity index (χ0) is 17.6. The van der Waals surface area contributed by atoms with Crippen LogP contribution in [0, 0.1) is 5.82 Å². The molecule has 1 aliphatic rings. The second-order valence-electron chi connectivity index (χ2n) is 6.00. The van der Waals surface area contributed by atoms with Gasteiger partial charge in [-0.15, -0.1) is 37.2 Å². The van der Waals surface area contributed by atoms with Crippen LogP contribution in [0.15, 0.2) is 29.4 Å². The minimum Gasteiger partial charge on any atom is -0.412 e. The highest BCUT2D eigenvalue weighted by Gasteiger charge is 2.13. The molecule has 7 nitrogen and oxygen atoms in total. The van der Waals surface area contributed by atoms with E-state index in [1.54, 1.807) is 23.9 Å². The summed E-state index contributed by atoms with van der Waals surface area (Å²) in [4.78, 5) is 11.2. The van der Waals surface area contributed by atoms with Crippen LogP contribution < -0.4 is 16.8 Å². The van der Waals surface area contributed by atoms with Gasteiger partial charge in [0.2, 0.25) is 0 Å². The average molecular weight is 490 g/mol. The average Bonchev–Trinajstić information content (AvgIpc) is 2.61. The van der Waals surface area contributed by atoms with E-state index in [0.29, 0.717) is 28.8 Å². The van der Waals surface area contributed by atoms with Gasteiger partial charge in [-0.2, -0.15) is 0 Å². The topological polar surface area (TPSA) is 125 Å². The molecule has 0 unspecified atom stereocenters. The lowest BCUT2D eigenvalue weighted by Gasteiger charge is -2.26. The summed E-state index contributed by atoms with van der Waals surface area (Å²) in [5.41, 5.74) is 13.8. The molecule has 0 amide bonds. The van der Waals surface area contributed by atoms with Gasteiger partial charge in [-0.3, -0.25) is 4.90 Å². The highest BCUT2D eigenvalue weighted by atomic mass is 35.5. The fourth-order valence-corrected chi connectivity index (χ4v) is 3.61. The first-order chi connectivity index (χ1) is 12.1. The molecule has 7 N–H and O–H groups in total. The molecule has 1 aliphatic heterocycles. The summed E-state index contributed by atoms with van der Waals surface area (Å²) in [6.45, 7) is 5.22. The van der Waals surface area contributed by atoms with Crippen molar-refractivity contribution in [2.24, 2.45) is 0 Å². The molecule has 29 heavy (non-hydrogen) atoms. The fraction of sp³-hybridized carbons (Fsp3) is 0.412. The summed E-state index contributed by atoms with van der Waals surface area (Å²) in [7, 11) is 0. The first kappa shape index (κ1) is 30.1. The number of rotatable bonds is 6. The molecule has 1 aromatic heterocycles. The number of benzene rings is 1. The number of nitrogens with one attached hydrogen (secondary N) is 1. The fourth-order valence-electron chi connectivity index (χ4n) is 2.75. The molecule has 0 saturated carbocycles. The van der Waals surface area contributed by atoms with Crippen LogP contribution in [0.25, 0.3) is 0 Å². The quantitative estimate of drug-likeness (QED) is 0.417. The van der Waals surface area contributed by atoms with Gasteiger partial charge in [0.25, 0.3) is 0 Å². The zero-order valence-corrected chi connectivity index (χ0v) is 19.0. The van der Waals surface area contributed by atoms with Crippen LogP contribution in [-0.4, -0.2) is 58.8 Å². The molecular weight excluding hydrogens is 462 g/mol. The van der Waals surface area contributed by atoms with E-state index in [9.17, 15) is 4.39 Å². The van der Waals surface area contributed by atoms with Crippen molar-refractivity contribution < 1.29 is 9.87 Å². The van der Waals surface area contributed by atoms with Gasteiger partial charge in [-0.25, -0.2) is 14.4 Å². The van der Waals surface area contributed by atoms with Crippen molar-refractivity contribution in [3.63, 3.8) is 0 Å². The third-order valence-corrected chi connectivity index (χ3v) is 5.02. The second-order valence-corrected chi connectivity index (χ2v) is 7.06. The molecule has 0 spiro atoms. The van der Waals surface area contributed by atoms with E-state index in [0.717, 1.165) is 44.0 Å². The highest BCUT2D eigenvalue weighted by Crippen LogP contribution is 2.24. The van der Waals surface area contributed by atoms with Crippen LogP contribution in [0.5, 0.6) is 0 Å². The van der Waals surface area contributed by atoms with Crippen LogP contribution in [0.2, 0.25) is 0 Å². The minimum absolute atomic E-state index is 0. The predicted molar refractivity (Wildman–Crippen MR) is 125 cm³/mol. The van der Waals surface area contributed by atoms with Gasteiger partial charge in [0.15, 0.2) is 5.16 Å². The first-order valence-electron chi connectivity index (χ1n) is 8.34. The van der Waals surface area contributed by atoms with Gasteiger partial charge in [0.1, 0.15) is 17.5 Å². The van der Waals surface area contributed by atoms with Gasteiger partial charge >= 0.3 is 0 Å². The maximum atomic E-state index is 13.0. The Kier molecular flexibility index (Phi) is 15.4. The Bertz CT molecular complexity index is 700. The van der Waals surface area contributed by atoms with Crippen molar-refractivity contribution in [2.45, 2.75) is 11.6 Å². The SMILES string of the molecule is Cl.Cl.Cl.Nc1nc(SCCN2CCNCC2)nc(N)c1Cc1ccc(F)cc1.O. The lowest BCUT2D eigenvalue weighted by atomic mass is 10.1. The number of aromatic nitrogens is 2. The maximum Gasteiger partial charge on any atom is 0.191 e. The molecule has 0 atom stereocenters. The van der Waals surface area contributed by atoms with E-state index in [2.05, 4.69) is 20.2 Å². The molecule has 0 bridgehead atoms. The molecule has 1 fully saturated rings. The number of thioether (sulfide) groups is 1. The minimum atomic E-state index is -0.267. The van der Waals surface area contributed by atoms with Gasteiger partial charge in [-0.1, -0.05) is 23.9 Å². The van der Waals surface area contributed by atoms with Gasteiger partial charge in [0, 0.05) is 50.5 Å². The van der Waals surface area contributed by atoms with Crippen molar-refractivity contribution in [2.75, 3.05) is 49.9 Å². The Hall–Kier alpha value is -1.07. The summed E-state index contributed by atoms with van der Waals surface area (Å²) < 4.78 is 13.0. The van der Waals surface area contributed by atoms with E-state index in [-0.39, 0.29) is 48.5 Å². The predicted octanol–water partition coefficient (Wildman–Crippen LogP) is 1.81. The van der Waals surface area contributed by atoms with Crippen LogP contribution in [-0.2, 0) is 6.42 Å². The normalized spacial score (nSPS) is 13.3. The Labute approximate surface area is 193 Å². The summed E-state index contributed by atoms with van der Waals surface area (Å²) >= 11 is 1.57. The Balaban J connectivity index is 0. The summed E-state index contributed by atoms with van der Waals surface area (Å²) in [5, 5.41) is 3.94. The van der Waals surface area contributed by atoms with E-state index >= 15 is 0 Å². The van der Waals surface area contributed by atoms with Crippen LogP contribution in [0.1, 0.15) is 11.1 Å². The van der Waals surface area contributed by atoms with Crippen molar-refractivity contribution in [3.05, 3.63) is 41.2 Å². The molecule has 1 aromatic carbocycles. The van der Waals surface area contributed by atoms with Gasteiger partial charge < -0.3 is 22.3 Å². The van der Waals surface area contributed by atoms with E-state index < -0.39 is 0 Å².